The molecule has 1 aliphatic rings. The summed E-state index contributed by atoms with van der Waals surface area (Å²) in [4.78, 5) is 36.0. The van der Waals surface area contributed by atoms with Gasteiger partial charge in [-0.2, -0.15) is 0 Å². The maximum Gasteiger partial charge on any atom is 0.256 e. The third-order valence-electron chi connectivity index (χ3n) is 4.58. The molecule has 0 saturated carbocycles. The lowest BCUT2D eigenvalue weighted by Gasteiger charge is -2.34. The van der Waals surface area contributed by atoms with Gasteiger partial charge in [0.1, 0.15) is 0 Å². The van der Waals surface area contributed by atoms with E-state index in [1.54, 1.807) is 35.6 Å². The summed E-state index contributed by atoms with van der Waals surface area (Å²) < 4.78 is 0. The Morgan fingerprint density at radius 3 is 2.36 bits per heavy atom. The molecule has 6 heteroatoms. The highest BCUT2D eigenvalue weighted by Crippen LogP contribution is 2.20. The van der Waals surface area contributed by atoms with Gasteiger partial charge in [-0.1, -0.05) is 18.2 Å². The molecule has 3 aromatic rings. The quantitative estimate of drug-likeness (QED) is 0.781. The van der Waals surface area contributed by atoms with Crippen LogP contribution in [0, 0.1) is 0 Å². The molecule has 0 atom stereocenters. The molecule has 25 heavy (non-hydrogen) atoms. The number of piperazine rings is 1. The van der Waals surface area contributed by atoms with Gasteiger partial charge in [-0.15, -0.1) is 0 Å². The van der Waals surface area contributed by atoms with Crippen LogP contribution in [0.1, 0.15) is 20.7 Å². The Hall–Kier alpha value is -3.15. The number of amides is 2. The molecule has 0 spiro atoms. The maximum atomic E-state index is 12.8. The highest BCUT2D eigenvalue weighted by Gasteiger charge is 2.26. The topological polar surface area (TPSA) is 69.3 Å². The van der Waals surface area contributed by atoms with Gasteiger partial charge in [0.05, 0.1) is 11.1 Å². The second kappa shape index (κ2) is 6.39. The van der Waals surface area contributed by atoms with Crippen LogP contribution in [0.25, 0.3) is 10.9 Å². The fourth-order valence-electron chi connectivity index (χ4n) is 3.20. The lowest BCUT2D eigenvalue weighted by Crippen LogP contribution is -2.50. The van der Waals surface area contributed by atoms with Crippen molar-refractivity contribution < 1.29 is 9.59 Å². The van der Waals surface area contributed by atoms with Gasteiger partial charge in [0.25, 0.3) is 11.8 Å². The summed E-state index contributed by atoms with van der Waals surface area (Å²) in [6.07, 6.45) is 4.99. The first-order chi connectivity index (χ1) is 12.2. The van der Waals surface area contributed by atoms with Crippen molar-refractivity contribution in [2.45, 2.75) is 0 Å². The minimum Gasteiger partial charge on any atom is -0.360 e. The van der Waals surface area contributed by atoms with Gasteiger partial charge in [0.15, 0.2) is 0 Å². The Morgan fingerprint density at radius 1 is 0.920 bits per heavy atom. The van der Waals surface area contributed by atoms with E-state index in [1.807, 2.05) is 29.2 Å². The molecule has 1 fully saturated rings. The number of benzene rings is 1. The van der Waals surface area contributed by atoms with Crippen LogP contribution in [0.15, 0.2) is 55.0 Å². The molecular formula is C19H18N4O2. The van der Waals surface area contributed by atoms with Crippen molar-refractivity contribution >= 4 is 22.7 Å². The van der Waals surface area contributed by atoms with Crippen molar-refractivity contribution in [3.8, 4) is 0 Å². The van der Waals surface area contributed by atoms with Crippen LogP contribution in [0.2, 0.25) is 0 Å². The summed E-state index contributed by atoms with van der Waals surface area (Å²) in [5.41, 5.74) is 2.22. The zero-order valence-corrected chi connectivity index (χ0v) is 13.7. The fourth-order valence-corrected chi connectivity index (χ4v) is 3.20. The Balaban J connectivity index is 1.45. The van der Waals surface area contributed by atoms with Crippen molar-refractivity contribution in [3.05, 3.63) is 66.1 Å². The van der Waals surface area contributed by atoms with Crippen LogP contribution >= 0.6 is 0 Å². The lowest BCUT2D eigenvalue weighted by atomic mass is 10.1. The standard InChI is InChI=1S/C19H18N4O2/c24-18(14-4-3-7-20-12-14)22-8-10-23(11-9-22)19(25)16-13-21-17-6-2-1-5-15(16)17/h1-7,12-13,21H,8-11H2. The third-order valence-corrected chi connectivity index (χ3v) is 4.58. The monoisotopic (exact) mass is 334 g/mol. The number of aromatic nitrogens is 2. The molecule has 2 amide bonds. The zero-order valence-electron chi connectivity index (χ0n) is 13.7. The SMILES string of the molecule is O=C(c1cccnc1)N1CCN(C(=O)c2c[nH]c3ccccc23)CC1. The highest BCUT2D eigenvalue weighted by molar-refractivity contribution is 6.06. The smallest absolute Gasteiger partial charge is 0.256 e. The van der Waals surface area contributed by atoms with Crippen LogP contribution in [0.4, 0.5) is 0 Å². The lowest BCUT2D eigenvalue weighted by molar-refractivity contribution is 0.0536. The van der Waals surface area contributed by atoms with E-state index in [9.17, 15) is 9.59 Å². The number of hydrogen-bond donors (Lipinski definition) is 1. The van der Waals surface area contributed by atoms with E-state index < -0.39 is 0 Å². The fraction of sp³-hybridized carbons (Fsp3) is 0.211. The third kappa shape index (κ3) is 2.87. The molecule has 1 aliphatic heterocycles. The maximum absolute atomic E-state index is 12.8. The van der Waals surface area contributed by atoms with Gasteiger partial charge in [0.2, 0.25) is 0 Å². The van der Waals surface area contributed by atoms with Crippen molar-refractivity contribution in [1.82, 2.24) is 19.8 Å². The molecule has 1 N–H and O–H groups in total. The number of nitrogens with zero attached hydrogens (tertiary/aromatic N) is 3. The molecule has 4 rings (SSSR count). The number of pyridine rings is 1. The second-order valence-corrected chi connectivity index (χ2v) is 6.07. The molecule has 3 heterocycles. The van der Waals surface area contributed by atoms with Crippen molar-refractivity contribution in [3.63, 3.8) is 0 Å². The van der Waals surface area contributed by atoms with Crippen LogP contribution in [-0.2, 0) is 0 Å². The number of aromatic amines is 1. The second-order valence-electron chi connectivity index (χ2n) is 6.07. The largest absolute Gasteiger partial charge is 0.360 e. The van der Waals surface area contributed by atoms with E-state index in [0.717, 1.165) is 10.9 Å². The van der Waals surface area contributed by atoms with E-state index in [-0.39, 0.29) is 11.8 Å². The van der Waals surface area contributed by atoms with Gasteiger partial charge < -0.3 is 14.8 Å². The number of para-hydroxylation sites is 1. The van der Waals surface area contributed by atoms with Crippen LogP contribution in [0.3, 0.4) is 0 Å². The first-order valence-corrected chi connectivity index (χ1v) is 8.29. The summed E-state index contributed by atoms with van der Waals surface area (Å²) in [5.74, 6) is -0.0294. The molecule has 0 aliphatic carbocycles. The van der Waals surface area contributed by atoms with Gasteiger partial charge in [-0.05, 0) is 18.2 Å². The summed E-state index contributed by atoms with van der Waals surface area (Å²) in [7, 11) is 0. The zero-order chi connectivity index (χ0) is 17.2. The summed E-state index contributed by atoms with van der Waals surface area (Å²) in [5, 5.41) is 0.932. The number of H-pyrrole nitrogens is 1. The van der Waals surface area contributed by atoms with E-state index >= 15 is 0 Å². The van der Waals surface area contributed by atoms with E-state index in [2.05, 4.69) is 9.97 Å². The first kappa shape index (κ1) is 15.4. The molecule has 126 valence electrons. The Morgan fingerprint density at radius 2 is 1.64 bits per heavy atom. The number of carbonyl (C=O) groups is 2. The number of rotatable bonds is 2. The molecule has 0 radical (unpaired) electrons. The average molecular weight is 334 g/mol. The molecule has 6 nitrogen and oxygen atoms in total. The van der Waals surface area contributed by atoms with Gasteiger partial charge in [0, 0.05) is 55.7 Å². The van der Waals surface area contributed by atoms with E-state index in [0.29, 0.717) is 37.3 Å². The van der Waals surface area contributed by atoms with Gasteiger partial charge >= 0.3 is 0 Å². The first-order valence-electron chi connectivity index (χ1n) is 8.29. The van der Waals surface area contributed by atoms with Gasteiger partial charge in [-0.3, -0.25) is 14.6 Å². The van der Waals surface area contributed by atoms with Crippen molar-refractivity contribution in [2.75, 3.05) is 26.2 Å². The molecular weight excluding hydrogens is 316 g/mol. The minimum absolute atomic E-state index is 0.00549. The Bertz CT molecular complexity index is 911. The number of hydrogen-bond acceptors (Lipinski definition) is 3. The number of nitrogens with one attached hydrogen (secondary N) is 1. The van der Waals surface area contributed by atoms with E-state index in [1.165, 1.54) is 0 Å². The van der Waals surface area contributed by atoms with Crippen molar-refractivity contribution in [1.29, 1.82) is 0 Å². The van der Waals surface area contributed by atoms with Crippen LogP contribution < -0.4 is 0 Å². The Kier molecular flexibility index (Phi) is 3.93. The molecule has 0 bridgehead atoms. The molecule has 1 saturated heterocycles. The normalized spacial score (nSPS) is 14.7. The number of fused-ring (bicyclic) bond motifs is 1. The van der Waals surface area contributed by atoms with Crippen LogP contribution in [0.5, 0.6) is 0 Å². The minimum atomic E-state index is -0.0349. The highest BCUT2D eigenvalue weighted by atomic mass is 16.2. The average Bonchev–Trinajstić information content (AvgIpc) is 3.12. The summed E-state index contributed by atoms with van der Waals surface area (Å²) in [6.45, 7) is 2.12. The Labute approximate surface area is 145 Å². The van der Waals surface area contributed by atoms with Crippen molar-refractivity contribution in [2.24, 2.45) is 0 Å². The van der Waals surface area contributed by atoms with Crippen LogP contribution in [-0.4, -0.2) is 57.8 Å². The van der Waals surface area contributed by atoms with Gasteiger partial charge in [-0.25, -0.2) is 0 Å². The predicted octanol–water partition coefficient (Wildman–Crippen LogP) is 2.16. The summed E-state index contributed by atoms with van der Waals surface area (Å²) in [6, 6.07) is 11.3. The number of carbonyl (C=O) groups excluding carboxylic acids is 2. The predicted molar refractivity (Wildman–Crippen MR) is 94.3 cm³/mol. The molecule has 1 aromatic carbocycles. The molecule has 0 unspecified atom stereocenters. The summed E-state index contributed by atoms with van der Waals surface area (Å²) >= 11 is 0. The van der Waals surface area contributed by atoms with E-state index in [4.69, 9.17) is 0 Å². The molecule has 2 aromatic heterocycles.